The van der Waals surface area contributed by atoms with Gasteiger partial charge in [0.25, 0.3) is 5.91 Å². The van der Waals surface area contributed by atoms with Crippen molar-refractivity contribution in [2.75, 3.05) is 19.5 Å². The minimum Gasteiger partial charge on any atom is -0.497 e. The number of benzene rings is 2. The van der Waals surface area contributed by atoms with E-state index in [9.17, 15) is 22.8 Å². The summed E-state index contributed by atoms with van der Waals surface area (Å²) in [5.74, 6) is -0.882. The van der Waals surface area contributed by atoms with Gasteiger partial charge in [-0.1, -0.05) is 0 Å². The molecule has 3 rings (SSSR count). The van der Waals surface area contributed by atoms with Crippen LogP contribution in [0, 0.1) is 0 Å². The SMILES string of the molecule is COc1cc(OC)c2[nH]c(C(=O)OC(C)C(=O)Nc3ccc(OC(F)(F)F)cc3)cc2c1. The van der Waals surface area contributed by atoms with Crippen LogP contribution in [0.25, 0.3) is 10.9 Å². The first-order valence-electron chi connectivity index (χ1n) is 9.22. The molecule has 0 radical (unpaired) electrons. The Hall–Kier alpha value is -3.89. The molecule has 1 aromatic heterocycles. The summed E-state index contributed by atoms with van der Waals surface area (Å²) in [6.45, 7) is 1.36. The number of aromatic amines is 1. The molecule has 11 heteroatoms. The number of fused-ring (bicyclic) bond motifs is 1. The maximum Gasteiger partial charge on any atom is 0.573 e. The first kappa shape index (κ1) is 22.8. The average Bonchev–Trinajstić information content (AvgIpc) is 3.17. The van der Waals surface area contributed by atoms with Crippen molar-refractivity contribution in [1.29, 1.82) is 0 Å². The number of amides is 1. The minimum atomic E-state index is -4.81. The fourth-order valence-corrected chi connectivity index (χ4v) is 2.83. The van der Waals surface area contributed by atoms with Crippen LogP contribution in [0.1, 0.15) is 17.4 Å². The molecule has 170 valence electrons. The van der Waals surface area contributed by atoms with E-state index in [2.05, 4.69) is 15.0 Å². The third-order valence-electron chi connectivity index (χ3n) is 4.35. The number of anilines is 1. The third-order valence-corrected chi connectivity index (χ3v) is 4.35. The average molecular weight is 452 g/mol. The Balaban J connectivity index is 1.65. The van der Waals surface area contributed by atoms with E-state index in [1.54, 1.807) is 12.1 Å². The molecule has 0 aliphatic rings. The third kappa shape index (κ3) is 5.42. The highest BCUT2D eigenvalue weighted by Gasteiger charge is 2.31. The Kier molecular flexibility index (Phi) is 6.47. The van der Waals surface area contributed by atoms with Crippen LogP contribution >= 0.6 is 0 Å². The zero-order valence-electron chi connectivity index (χ0n) is 17.2. The van der Waals surface area contributed by atoms with Gasteiger partial charge in [-0.15, -0.1) is 13.2 Å². The van der Waals surface area contributed by atoms with Gasteiger partial charge in [-0.3, -0.25) is 4.79 Å². The Morgan fingerprint density at radius 2 is 1.69 bits per heavy atom. The van der Waals surface area contributed by atoms with Crippen molar-refractivity contribution in [3.8, 4) is 17.2 Å². The van der Waals surface area contributed by atoms with Gasteiger partial charge in [0.1, 0.15) is 22.9 Å². The summed E-state index contributed by atoms with van der Waals surface area (Å²) >= 11 is 0. The molecule has 0 saturated heterocycles. The van der Waals surface area contributed by atoms with Crippen LogP contribution in [0.4, 0.5) is 18.9 Å². The molecule has 32 heavy (non-hydrogen) atoms. The van der Waals surface area contributed by atoms with Gasteiger partial charge in [-0.25, -0.2) is 4.79 Å². The molecular formula is C21H19F3N2O6. The van der Waals surface area contributed by atoms with E-state index < -0.39 is 30.1 Å². The molecule has 8 nitrogen and oxygen atoms in total. The van der Waals surface area contributed by atoms with Crippen molar-refractivity contribution in [1.82, 2.24) is 4.98 Å². The molecule has 3 aromatic rings. The number of alkyl halides is 3. The summed E-state index contributed by atoms with van der Waals surface area (Å²) in [6.07, 6.45) is -6.00. The van der Waals surface area contributed by atoms with E-state index in [1.165, 1.54) is 39.3 Å². The highest BCUT2D eigenvalue weighted by atomic mass is 19.4. The number of ether oxygens (including phenoxy) is 4. The van der Waals surface area contributed by atoms with Crippen LogP contribution in [0.15, 0.2) is 42.5 Å². The Morgan fingerprint density at radius 1 is 1.00 bits per heavy atom. The van der Waals surface area contributed by atoms with Crippen molar-refractivity contribution in [2.24, 2.45) is 0 Å². The minimum absolute atomic E-state index is 0.0971. The summed E-state index contributed by atoms with van der Waals surface area (Å²) in [4.78, 5) is 27.7. The van der Waals surface area contributed by atoms with Gasteiger partial charge in [0.15, 0.2) is 6.10 Å². The van der Waals surface area contributed by atoms with Crippen molar-refractivity contribution in [3.05, 3.63) is 48.2 Å². The van der Waals surface area contributed by atoms with E-state index >= 15 is 0 Å². The molecule has 1 heterocycles. The standard InChI is InChI=1S/C21H19F3N2O6/c1-11(19(27)25-13-4-6-14(7-5-13)32-21(22,23)24)31-20(28)16-9-12-8-15(29-2)10-17(30-3)18(12)26-16/h4-11,26H,1-3H3,(H,25,27). The first-order chi connectivity index (χ1) is 15.1. The highest BCUT2D eigenvalue weighted by Crippen LogP contribution is 2.31. The second kappa shape index (κ2) is 9.08. The van der Waals surface area contributed by atoms with Crippen molar-refractivity contribution < 1.29 is 41.7 Å². The lowest BCUT2D eigenvalue weighted by Crippen LogP contribution is -2.30. The van der Waals surface area contributed by atoms with E-state index in [1.807, 2.05) is 0 Å². The maximum absolute atomic E-state index is 12.5. The predicted molar refractivity (Wildman–Crippen MR) is 108 cm³/mol. The van der Waals surface area contributed by atoms with Crippen molar-refractivity contribution in [3.63, 3.8) is 0 Å². The predicted octanol–water partition coefficient (Wildman–Crippen LogP) is 4.27. The van der Waals surface area contributed by atoms with Gasteiger partial charge < -0.3 is 29.2 Å². The lowest BCUT2D eigenvalue weighted by Gasteiger charge is -2.14. The van der Waals surface area contributed by atoms with Gasteiger partial charge >= 0.3 is 12.3 Å². The highest BCUT2D eigenvalue weighted by molar-refractivity contribution is 6.00. The Bertz CT molecular complexity index is 1130. The molecule has 1 atom stereocenters. The number of aromatic nitrogens is 1. The van der Waals surface area contributed by atoms with Crippen LogP contribution in [-0.2, 0) is 9.53 Å². The van der Waals surface area contributed by atoms with Gasteiger partial charge in [0.05, 0.1) is 19.7 Å². The zero-order valence-corrected chi connectivity index (χ0v) is 17.2. The summed E-state index contributed by atoms with van der Waals surface area (Å²) in [5, 5.41) is 3.09. The lowest BCUT2D eigenvalue weighted by atomic mass is 10.2. The fraction of sp³-hybridized carbons (Fsp3) is 0.238. The number of esters is 1. The number of hydrogen-bond donors (Lipinski definition) is 2. The number of rotatable bonds is 7. The smallest absolute Gasteiger partial charge is 0.497 e. The molecule has 0 fully saturated rings. The molecule has 2 N–H and O–H groups in total. The van der Waals surface area contributed by atoms with Crippen LogP contribution in [0.3, 0.4) is 0 Å². The maximum atomic E-state index is 12.5. The van der Waals surface area contributed by atoms with Gasteiger partial charge in [-0.05, 0) is 43.3 Å². The summed E-state index contributed by atoms with van der Waals surface area (Å²) in [6, 6.07) is 9.43. The Morgan fingerprint density at radius 3 is 2.28 bits per heavy atom. The molecule has 0 saturated carbocycles. The van der Waals surface area contributed by atoms with Gasteiger partial charge in [0.2, 0.25) is 0 Å². The normalized spacial score (nSPS) is 12.2. The number of methoxy groups -OCH3 is 2. The molecule has 0 spiro atoms. The summed E-state index contributed by atoms with van der Waals surface area (Å²) in [5.41, 5.74) is 0.855. The van der Waals surface area contributed by atoms with E-state index in [-0.39, 0.29) is 11.4 Å². The largest absolute Gasteiger partial charge is 0.573 e. The molecule has 0 bridgehead atoms. The van der Waals surface area contributed by atoms with Crippen LogP contribution in [0.2, 0.25) is 0 Å². The zero-order chi connectivity index (χ0) is 23.5. The number of H-pyrrole nitrogens is 1. The van der Waals surface area contributed by atoms with Crippen LogP contribution < -0.4 is 19.5 Å². The second-order valence-corrected chi connectivity index (χ2v) is 6.59. The van der Waals surface area contributed by atoms with Crippen molar-refractivity contribution in [2.45, 2.75) is 19.4 Å². The van der Waals surface area contributed by atoms with Crippen molar-refractivity contribution >= 4 is 28.5 Å². The lowest BCUT2D eigenvalue weighted by molar-refractivity contribution is -0.274. The Labute approximate surface area is 180 Å². The number of halogens is 3. The van der Waals surface area contributed by atoms with E-state index in [4.69, 9.17) is 14.2 Å². The topological polar surface area (TPSA) is 98.9 Å². The van der Waals surface area contributed by atoms with Gasteiger partial charge in [0, 0.05) is 17.1 Å². The number of carbonyl (C=O) groups excluding carboxylic acids is 2. The fourth-order valence-electron chi connectivity index (χ4n) is 2.83. The van der Waals surface area contributed by atoms with E-state index in [0.717, 1.165) is 12.1 Å². The number of carbonyl (C=O) groups is 2. The van der Waals surface area contributed by atoms with E-state index in [0.29, 0.717) is 22.4 Å². The molecule has 1 amide bonds. The van der Waals surface area contributed by atoms with Gasteiger partial charge in [-0.2, -0.15) is 0 Å². The molecule has 1 unspecified atom stereocenters. The quantitative estimate of drug-likeness (QED) is 0.520. The molecule has 2 aromatic carbocycles. The molecule has 0 aliphatic heterocycles. The number of nitrogens with one attached hydrogen (secondary N) is 2. The summed E-state index contributed by atoms with van der Waals surface area (Å²) < 4.78 is 56.1. The molecular weight excluding hydrogens is 433 g/mol. The second-order valence-electron chi connectivity index (χ2n) is 6.59. The molecule has 0 aliphatic carbocycles. The monoisotopic (exact) mass is 452 g/mol. The summed E-state index contributed by atoms with van der Waals surface area (Å²) in [7, 11) is 2.97. The van der Waals surface area contributed by atoms with Crippen LogP contribution in [0.5, 0.6) is 17.2 Å². The number of hydrogen-bond acceptors (Lipinski definition) is 6. The van der Waals surface area contributed by atoms with Crippen LogP contribution in [-0.4, -0.2) is 43.5 Å². The first-order valence-corrected chi connectivity index (χ1v) is 9.22.